The molecule has 9 heteroatoms. The molecule has 0 saturated heterocycles. The van der Waals surface area contributed by atoms with Gasteiger partial charge >= 0.3 is 130 Å². The van der Waals surface area contributed by atoms with Gasteiger partial charge < -0.3 is 49.6 Å². The third-order valence-corrected chi connectivity index (χ3v) is 8.82. The van der Waals surface area contributed by atoms with Gasteiger partial charge in [0.2, 0.25) is 0 Å². The Morgan fingerprint density at radius 1 is 0.625 bits per heavy atom. The summed E-state index contributed by atoms with van der Waals surface area (Å²) in [5.41, 5.74) is 2.26. The van der Waals surface area contributed by atoms with E-state index >= 15 is 0 Å². The number of thiazole rings is 2. The van der Waals surface area contributed by atoms with Gasteiger partial charge in [-0.1, -0.05) is 7.43 Å². The Kier molecular flexibility index (Phi) is 13.0. The van der Waals surface area contributed by atoms with Crippen molar-refractivity contribution in [3.63, 3.8) is 0 Å². The second-order valence-electron chi connectivity index (χ2n) is 4.10. The molecule has 2 aromatic heterocycles. The average molecular weight is 517 g/mol. The Morgan fingerprint density at radius 2 is 1.00 bits per heavy atom. The third-order valence-electron chi connectivity index (χ3n) is 2.80. The number of fused-ring (bicyclic) bond motifs is 2. The summed E-state index contributed by atoms with van der Waals surface area (Å²) < 4.78 is 5.20. The summed E-state index contributed by atoms with van der Waals surface area (Å²) in [7, 11) is 0. The van der Waals surface area contributed by atoms with Crippen LogP contribution in [0.4, 0.5) is 0 Å². The van der Waals surface area contributed by atoms with Gasteiger partial charge in [-0.2, -0.15) is 0 Å². The van der Waals surface area contributed by atoms with Crippen molar-refractivity contribution in [2.45, 2.75) is 7.43 Å². The van der Waals surface area contributed by atoms with Crippen LogP contribution in [0.5, 0.6) is 0 Å². The molecule has 2 nitrogen and oxygen atoms in total. The van der Waals surface area contributed by atoms with E-state index < -0.39 is 23.2 Å². The third kappa shape index (κ3) is 5.64. The standard InChI is InChI=1S/2C7H4NS.CH4.4ClH.Zr/c2*1-2-4-7-6(3-1)8-5-9-7;;;;;;/h2*1-4H;1H4;4*1H;/q;;;;;;;+4/p-4. The molecule has 2 heterocycles. The first-order valence-corrected chi connectivity index (χ1v) is 9.96. The molecule has 4 aromatic rings. The zero-order valence-electron chi connectivity index (χ0n) is 11.3. The molecule has 0 aliphatic carbocycles. The summed E-state index contributed by atoms with van der Waals surface area (Å²) in [6.45, 7) is 0. The molecular formula is C15H12Cl4N2S2Zr. The van der Waals surface area contributed by atoms with Gasteiger partial charge in [-0.05, 0) is 0 Å². The zero-order valence-corrected chi connectivity index (χ0v) is 18.5. The molecule has 0 aliphatic heterocycles. The molecule has 0 aliphatic rings. The fourth-order valence-electron chi connectivity index (χ4n) is 1.94. The number of aromatic nitrogens is 2. The molecule has 0 saturated carbocycles. The van der Waals surface area contributed by atoms with E-state index in [2.05, 4.69) is 48.5 Å². The van der Waals surface area contributed by atoms with Gasteiger partial charge in [0, 0.05) is 0 Å². The van der Waals surface area contributed by atoms with Crippen LogP contribution in [0.15, 0.2) is 48.5 Å². The molecule has 24 heavy (non-hydrogen) atoms. The zero-order chi connectivity index (χ0) is 12.7. The Balaban J connectivity index is 0. The van der Waals surface area contributed by atoms with Gasteiger partial charge in [0.25, 0.3) is 0 Å². The number of hydrogen-bond donors (Lipinski definition) is 0. The Bertz CT molecular complexity index is 744. The van der Waals surface area contributed by atoms with Crippen LogP contribution in [0.25, 0.3) is 20.4 Å². The maximum absolute atomic E-state index is 4.74. The van der Waals surface area contributed by atoms with Crippen molar-refractivity contribution >= 4 is 48.5 Å². The number of nitrogens with zero attached hydrogens (tertiary/aromatic N) is 2. The number of benzene rings is 2. The first-order chi connectivity index (χ1) is 9.38. The molecule has 4 rings (SSSR count). The van der Waals surface area contributed by atoms with Crippen molar-refractivity contribution in [2.24, 2.45) is 0 Å². The van der Waals surface area contributed by atoms with E-state index in [9.17, 15) is 0 Å². The van der Waals surface area contributed by atoms with Crippen molar-refractivity contribution in [1.29, 1.82) is 0 Å². The van der Waals surface area contributed by atoms with Crippen molar-refractivity contribution in [2.75, 3.05) is 0 Å². The van der Waals surface area contributed by atoms with Crippen LogP contribution in [0.1, 0.15) is 7.43 Å². The van der Waals surface area contributed by atoms with Crippen LogP contribution in [0, 0.1) is 0 Å². The van der Waals surface area contributed by atoms with E-state index in [1.165, 1.54) is 14.8 Å². The number of rotatable bonds is 2. The van der Waals surface area contributed by atoms with E-state index in [0.29, 0.717) is 0 Å². The number of halogens is 4. The normalized spacial score (nSPS) is 9.17. The van der Waals surface area contributed by atoms with Crippen LogP contribution >= 0.6 is 22.7 Å². The molecule has 0 spiro atoms. The monoisotopic (exact) mass is 514 g/mol. The van der Waals surface area contributed by atoms with Gasteiger partial charge in [0.05, 0.1) is 0 Å². The van der Waals surface area contributed by atoms with Crippen LogP contribution < -0.4 is 55.1 Å². The van der Waals surface area contributed by atoms with Gasteiger partial charge in [0.15, 0.2) is 0 Å². The van der Waals surface area contributed by atoms with Gasteiger partial charge in [0.1, 0.15) is 0 Å². The number of para-hydroxylation sites is 2. The predicted octanol–water partition coefficient (Wildman–Crippen LogP) is -8.41. The molecular weight excluding hydrogens is 505 g/mol. The molecule has 0 atom stereocenters. The molecule has 0 unspecified atom stereocenters. The van der Waals surface area contributed by atoms with Crippen molar-refractivity contribution in [3.05, 3.63) is 48.5 Å². The number of hydrogen-bond acceptors (Lipinski definition) is 4. The SMILES string of the molecule is C.[Cl-].[Cl-].[Cl-].[Cl-].c1ccc2s[c]([Zr+4][c]3nc4ccccc4s3)nc2c1. The fraction of sp³-hybridized carbons (Fsp3) is 0.0667. The van der Waals surface area contributed by atoms with Crippen LogP contribution in [-0.4, -0.2) is 9.97 Å². The van der Waals surface area contributed by atoms with E-state index in [1.807, 2.05) is 22.7 Å². The van der Waals surface area contributed by atoms with E-state index in [-0.39, 0.29) is 57.1 Å². The predicted molar refractivity (Wildman–Crippen MR) is 85.2 cm³/mol. The summed E-state index contributed by atoms with van der Waals surface area (Å²) in [5.74, 6) is 0. The molecule has 126 valence electrons. The van der Waals surface area contributed by atoms with E-state index in [4.69, 9.17) is 9.97 Å². The molecule has 0 N–H and O–H groups in total. The summed E-state index contributed by atoms with van der Waals surface area (Å²) in [6, 6.07) is 16.7. The minimum absolute atomic E-state index is 0. The first-order valence-electron chi connectivity index (χ1n) is 5.87. The van der Waals surface area contributed by atoms with Crippen LogP contribution in [-0.2, 0) is 23.2 Å². The van der Waals surface area contributed by atoms with E-state index in [0.717, 1.165) is 11.0 Å². The maximum atomic E-state index is 4.74. The van der Waals surface area contributed by atoms with Crippen molar-refractivity contribution in [1.82, 2.24) is 9.97 Å². The molecule has 2 aromatic carbocycles. The Labute approximate surface area is 185 Å². The van der Waals surface area contributed by atoms with Gasteiger partial charge in [-0.25, -0.2) is 0 Å². The molecule has 0 radical (unpaired) electrons. The summed E-state index contributed by atoms with van der Waals surface area (Å²) in [5, 5.41) is 0. The fourth-order valence-corrected chi connectivity index (χ4v) is 8.70. The van der Waals surface area contributed by atoms with Crippen LogP contribution in [0.2, 0.25) is 0 Å². The average Bonchev–Trinajstić information content (AvgIpc) is 3.00. The van der Waals surface area contributed by atoms with Crippen LogP contribution in [0.3, 0.4) is 0 Å². The minimum atomic E-state index is -0.845. The van der Waals surface area contributed by atoms with Gasteiger partial charge in [-0.3, -0.25) is 0 Å². The molecule has 0 bridgehead atoms. The summed E-state index contributed by atoms with van der Waals surface area (Å²) in [4.78, 5) is 9.48. The second kappa shape index (κ2) is 11.8. The Morgan fingerprint density at radius 3 is 1.38 bits per heavy atom. The van der Waals surface area contributed by atoms with E-state index in [1.54, 1.807) is 0 Å². The molecule has 0 amide bonds. The van der Waals surface area contributed by atoms with Crippen molar-refractivity contribution < 1.29 is 72.9 Å². The summed E-state index contributed by atoms with van der Waals surface area (Å²) >= 11 is 2.82. The second-order valence-corrected chi connectivity index (χ2v) is 10.9. The topological polar surface area (TPSA) is 25.8 Å². The first kappa shape index (κ1) is 26.5. The van der Waals surface area contributed by atoms with Gasteiger partial charge in [-0.15, -0.1) is 0 Å². The summed E-state index contributed by atoms with van der Waals surface area (Å²) in [6.07, 6.45) is 0. The van der Waals surface area contributed by atoms with Crippen molar-refractivity contribution in [3.8, 4) is 0 Å². The quantitative estimate of drug-likeness (QED) is 0.264. The molecule has 0 fully saturated rings. The Hall–Kier alpha value is 0.263.